The van der Waals surface area contributed by atoms with E-state index in [0.717, 1.165) is 0 Å². The predicted molar refractivity (Wildman–Crippen MR) is 87.0 cm³/mol. The summed E-state index contributed by atoms with van der Waals surface area (Å²) in [6.45, 7) is 0. The van der Waals surface area contributed by atoms with Crippen molar-refractivity contribution in [2.45, 2.75) is 0 Å². The first-order valence-electron chi connectivity index (χ1n) is 7.09. The molecule has 3 aromatic rings. The zero-order valence-corrected chi connectivity index (χ0v) is 12.8. The first-order valence-corrected chi connectivity index (χ1v) is 7.09. The standard InChI is InChI=1S/C18H12N4O2/c1-21-7-8-22(18(21)23)15-5-6-17(14(10-15)12-20)24-16-4-2-3-13(9-16)11-19/h2-10H,1H3. The lowest BCUT2D eigenvalue weighted by molar-refractivity contribution is 0.481. The highest BCUT2D eigenvalue weighted by molar-refractivity contribution is 5.52. The molecule has 24 heavy (non-hydrogen) atoms. The Morgan fingerprint density at radius 2 is 1.88 bits per heavy atom. The number of nitriles is 2. The smallest absolute Gasteiger partial charge is 0.332 e. The highest BCUT2D eigenvalue weighted by Crippen LogP contribution is 2.27. The van der Waals surface area contributed by atoms with Gasteiger partial charge in [-0.15, -0.1) is 0 Å². The van der Waals surface area contributed by atoms with Crippen molar-refractivity contribution in [3.05, 3.63) is 76.5 Å². The molecule has 6 nitrogen and oxygen atoms in total. The van der Waals surface area contributed by atoms with E-state index in [1.807, 2.05) is 6.07 Å². The van der Waals surface area contributed by atoms with Gasteiger partial charge in [0.2, 0.25) is 0 Å². The van der Waals surface area contributed by atoms with E-state index in [2.05, 4.69) is 6.07 Å². The van der Waals surface area contributed by atoms with E-state index in [9.17, 15) is 10.1 Å². The van der Waals surface area contributed by atoms with Crippen LogP contribution in [0.2, 0.25) is 0 Å². The van der Waals surface area contributed by atoms with Gasteiger partial charge in [-0.25, -0.2) is 4.79 Å². The molecule has 0 aliphatic carbocycles. The van der Waals surface area contributed by atoms with Gasteiger partial charge in [0, 0.05) is 19.4 Å². The second kappa shape index (κ2) is 6.15. The van der Waals surface area contributed by atoms with E-state index in [-0.39, 0.29) is 5.69 Å². The molecule has 6 heteroatoms. The Morgan fingerprint density at radius 3 is 2.54 bits per heavy atom. The Balaban J connectivity index is 1.99. The van der Waals surface area contributed by atoms with E-state index in [1.165, 1.54) is 9.13 Å². The van der Waals surface area contributed by atoms with E-state index in [0.29, 0.717) is 28.3 Å². The SMILES string of the molecule is Cn1ccn(-c2ccc(Oc3cccc(C#N)c3)c(C#N)c2)c1=O. The van der Waals surface area contributed by atoms with Gasteiger partial charge >= 0.3 is 5.69 Å². The monoisotopic (exact) mass is 316 g/mol. The molecule has 0 bridgehead atoms. The highest BCUT2D eigenvalue weighted by atomic mass is 16.5. The quantitative estimate of drug-likeness (QED) is 0.743. The summed E-state index contributed by atoms with van der Waals surface area (Å²) < 4.78 is 8.60. The van der Waals surface area contributed by atoms with Gasteiger partial charge in [-0.1, -0.05) is 6.07 Å². The zero-order chi connectivity index (χ0) is 17.1. The van der Waals surface area contributed by atoms with Crippen molar-refractivity contribution in [1.29, 1.82) is 10.5 Å². The molecule has 0 spiro atoms. The molecule has 116 valence electrons. The Morgan fingerprint density at radius 1 is 1.04 bits per heavy atom. The van der Waals surface area contributed by atoms with Crippen LogP contribution >= 0.6 is 0 Å². The minimum atomic E-state index is -0.200. The number of benzene rings is 2. The van der Waals surface area contributed by atoms with Crippen LogP contribution in [0.4, 0.5) is 0 Å². The maximum Gasteiger partial charge on any atom is 0.332 e. The number of hydrogen-bond donors (Lipinski definition) is 0. The normalized spacial score (nSPS) is 9.96. The summed E-state index contributed by atoms with van der Waals surface area (Å²) in [7, 11) is 1.66. The molecule has 0 amide bonds. The summed E-state index contributed by atoms with van der Waals surface area (Å²) in [4.78, 5) is 12.0. The van der Waals surface area contributed by atoms with E-state index in [1.54, 1.807) is 61.9 Å². The average Bonchev–Trinajstić information content (AvgIpc) is 2.94. The third kappa shape index (κ3) is 2.77. The van der Waals surface area contributed by atoms with Crippen molar-refractivity contribution in [2.75, 3.05) is 0 Å². The molecule has 1 heterocycles. The zero-order valence-electron chi connectivity index (χ0n) is 12.8. The Labute approximate surface area is 138 Å². The maximum absolute atomic E-state index is 12.0. The summed E-state index contributed by atoms with van der Waals surface area (Å²) in [6.07, 6.45) is 3.28. The Bertz CT molecular complexity index is 1050. The van der Waals surface area contributed by atoms with Crippen molar-refractivity contribution < 1.29 is 4.74 Å². The maximum atomic E-state index is 12.0. The molecular formula is C18H12N4O2. The number of aromatic nitrogens is 2. The van der Waals surface area contributed by atoms with Crippen LogP contribution in [0.1, 0.15) is 11.1 Å². The number of aryl methyl sites for hydroxylation is 1. The summed E-state index contributed by atoms with van der Waals surface area (Å²) in [6, 6.07) is 15.7. The third-order valence-corrected chi connectivity index (χ3v) is 3.50. The van der Waals surface area contributed by atoms with Crippen LogP contribution in [0, 0.1) is 22.7 Å². The van der Waals surface area contributed by atoms with Crippen LogP contribution < -0.4 is 10.4 Å². The van der Waals surface area contributed by atoms with Gasteiger partial charge in [-0.05, 0) is 36.4 Å². The lowest BCUT2D eigenvalue weighted by Gasteiger charge is -2.09. The molecule has 0 N–H and O–H groups in total. The fraction of sp³-hybridized carbons (Fsp3) is 0.0556. The Kier molecular flexibility index (Phi) is 3.88. The molecule has 0 aliphatic heterocycles. The molecule has 0 unspecified atom stereocenters. The number of ether oxygens (including phenoxy) is 1. The summed E-state index contributed by atoms with van der Waals surface area (Å²) in [5, 5.41) is 18.3. The molecule has 0 saturated heterocycles. The lowest BCUT2D eigenvalue weighted by atomic mass is 10.2. The minimum Gasteiger partial charge on any atom is -0.456 e. The van der Waals surface area contributed by atoms with Crippen LogP contribution in [0.3, 0.4) is 0 Å². The topological polar surface area (TPSA) is 83.7 Å². The first-order chi connectivity index (χ1) is 11.6. The lowest BCUT2D eigenvalue weighted by Crippen LogP contribution is -2.20. The van der Waals surface area contributed by atoms with Crippen LogP contribution in [0.15, 0.2) is 59.7 Å². The third-order valence-electron chi connectivity index (χ3n) is 3.50. The van der Waals surface area contributed by atoms with Gasteiger partial charge < -0.3 is 9.30 Å². The van der Waals surface area contributed by atoms with Crippen LogP contribution in [-0.4, -0.2) is 9.13 Å². The Hall–Kier alpha value is -3.77. The number of nitrogens with zero attached hydrogens (tertiary/aromatic N) is 4. The summed E-state index contributed by atoms with van der Waals surface area (Å²) >= 11 is 0. The van der Waals surface area contributed by atoms with Crippen LogP contribution in [0.25, 0.3) is 5.69 Å². The molecule has 0 saturated carbocycles. The van der Waals surface area contributed by atoms with Gasteiger partial charge in [-0.3, -0.25) is 4.57 Å². The van der Waals surface area contributed by atoms with E-state index >= 15 is 0 Å². The van der Waals surface area contributed by atoms with Crippen molar-refractivity contribution in [2.24, 2.45) is 7.05 Å². The molecule has 3 rings (SSSR count). The molecule has 0 radical (unpaired) electrons. The van der Waals surface area contributed by atoms with Gasteiger partial charge in [0.1, 0.15) is 17.6 Å². The van der Waals surface area contributed by atoms with Gasteiger partial charge in [0.05, 0.1) is 22.9 Å². The molecule has 0 aliphatic rings. The number of rotatable bonds is 3. The molecular weight excluding hydrogens is 304 g/mol. The fourth-order valence-electron chi connectivity index (χ4n) is 2.26. The fourth-order valence-corrected chi connectivity index (χ4v) is 2.26. The van der Waals surface area contributed by atoms with Crippen LogP contribution in [-0.2, 0) is 7.05 Å². The van der Waals surface area contributed by atoms with Crippen molar-refractivity contribution in [3.8, 4) is 29.3 Å². The second-order valence-electron chi connectivity index (χ2n) is 5.10. The summed E-state index contributed by atoms with van der Waals surface area (Å²) in [5.74, 6) is 0.829. The van der Waals surface area contributed by atoms with Crippen molar-refractivity contribution in [3.63, 3.8) is 0 Å². The first kappa shape index (κ1) is 15.1. The van der Waals surface area contributed by atoms with E-state index < -0.39 is 0 Å². The summed E-state index contributed by atoms with van der Waals surface area (Å²) in [5.41, 5.74) is 1.15. The molecule has 2 aromatic carbocycles. The molecule has 1 aromatic heterocycles. The second-order valence-corrected chi connectivity index (χ2v) is 5.10. The minimum absolute atomic E-state index is 0.200. The largest absolute Gasteiger partial charge is 0.456 e. The molecule has 0 fully saturated rings. The predicted octanol–water partition coefficient (Wildman–Crippen LogP) is 2.71. The van der Waals surface area contributed by atoms with Crippen LogP contribution in [0.5, 0.6) is 11.5 Å². The van der Waals surface area contributed by atoms with Gasteiger partial charge in [-0.2, -0.15) is 10.5 Å². The number of imidazole rings is 1. The van der Waals surface area contributed by atoms with Gasteiger partial charge in [0.25, 0.3) is 0 Å². The number of hydrogen-bond acceptors (Lipinski definition) is 4. The average molecular weight is 316 g/mol. The molecule has 0 atom stereocenters. The van der Waals surface area contributed by atoms with E-state index in [4.69, 9.17) is 10.00 Å². The van der Waals surface area contributed by atoms with Crippen molar-refractivity contribution >= 4 is 0 Å². The highest BCUT2D eigenvalue weighted by Gasteiger charge is 2.10. The van der Waals surface area contributed by atoms with Gasteiger partial charge in [0.15, 0.2) is 0 Å². The van der Waals surface area contributed by atoms with Crippen molar-refractivity contribution in [1.82, 2.24) is 9.13 Å².